The predicted molar refractivity (Wildman–Crippen MR) is 78.6 cm³/mol. The number of carbonyl (C=O) groups excluding carboxylic acids is 1. The van der Waals surface area contributed by atoms with Gasteiger partial charge < -0.3 is 15.5 Å². The number of hydrogen-bond acceptors (Lipinski definition) is 3. The number of phenols is 1. The van der Waals surface area contributed by atoms with Gasteiger partial charge in [0.25, 0.3) is 0 Å². The van der Waals surface area contributed by atoms with Crippen molar-refractivity contribution >= 4 is 17.6 Å². The maximum Gasteiger partial charge on any atom is 0.339 e. The third-order valence-electron chi connectivity index (χ3n) is 3.22. The van der Waals surface area contributed by atoms with E-state index in [-0.39, 0.29) is 17.2 Å². The first-order chi connectivity index (χ1) is 10.0. The lowest BCUT2D eigenvalue weighted by Gasteiger charge is -2.14. The normalized spacial score (nSPS) is 11.7. The van der Waals surface area contributed by atoms with E-state index in [1.807, 2.05) is 30.3 Å². The van der Waals surface area contributed by atoms with E-state index in [9.17, 15) is 14.7 Å². The number of carboxylic acids is 1. The van der Waals surface area contributed by atoms with Crippen LogP contribution in [0.2, 0.25) is 0 Å². The predicted octanol–water partition coefficient (Wildman–Crippen LogP) is 2.83. The molecule has 0 aliphatic rings. The van der Waals surface area contributed by atoms with Gasteiger partial charge in [0.2, 0.25) is 5.91 Å². The molecule has 0 saturated carbocycles. The van der Waals surface area contributed by atoms with E-state index in [1.54, 1.807) is 6.92 Å². The Kier molecular flexibility index (Phi) is 4.23. The summed E-state index contributed by atoms with van der Waals surface area (Å²) in [5, 5.41) is 21.4. The maximum absolute atomic E-state index is 12.2. The largest absolute Gasteiger partial charge is 0.505 e. The number of anilines is 1. The second-order valence-electron chi connectivity index (χ2n) is 4.63. The molecule has 2 aromatic rings. The Morgan fingerprint density at radius 2 is 1.71 bits per heavy atom. The van der Waals surface area contributed by atoms with Gasteiger partial charge in [-0.3, -0.25) is 4.79 Å². The summed E-state index contributed by atoms with van der Waals surface area (Å²) in [6.07, 6.45) is 0. The Labute approximate surface area is 121 Å². The smallest absolute Gasteiger partial charge is 0.339 e. The zero-order chi connectivity index (χ0) is 15.4. The minimum Gasteiger partial charge on any atom is -0.505 e. The second-order valence-corrected chi connectivity index (χ2v) is 4.63. The van der Waals surface area contributed by atoms with Gasteiger partial charge in [-0.05, 0) is 24.6 Å². The lowest BCUT2D eigenvalue weighted by atomic mass is 10.0. The van der Waals surface area contributed by atoms with Crippen LogP contribution in [0.15, 0.2) is 48.5 Å². The minimum absolute atomic E-state index is 0.0858. The zero-order valence-electron chi connectivity index (χ0n) is 11.4. The van der Waals surface area contributed by atoms with Crippen molar-refractivity contribution < 1.29 is 19.8 Å². The molecule has 0 saturated heterocycles. The Hall–Kier alpha value is -2.82. The first kappa shape index (κ1) is 14.6. The number of para-hydroxylation sites is 1. The van der Waals surface area contributed by atoms with E-state index >= 15 is 0 Å². The SMILES string of the molecule is CC(C(=O)Nc1cccc(C(=O)O)c1O)c1ccccc1. The van der Waals surface area contributed by atoms with E-state index in [1.165, 1.54) is 18.2 Å². The lowest BCUT2D eigenvalue weighted by molar-refractivity contribution is -0.117. The van der Waals surface area contributed by atoms with Crippen molar-refractivity contribution in [1.29, 1.82) is 0 Å². The summed E-state index contributed by atoms with van der Waals surface area (Å²) < 4.78 is 0. The molecule has 1 amide bonds. The number of carboxylic acid groups (broad SMARTS) is 1. The average molecular weight is 285 g/mol. The molecule has 108 valence electrons. The van der Waals surface area contributed by atoms with Gasteiger partial charge in [-0.25, -0.2) is 4.79 Å². The van der Waals surface area contributed by atoms with Crippen LogP contribution in [0.4, 0.5) is 5.69 Å². The molecule has 5 nitrogen and oxygen atoms in total. The third-order valence-corrected chi connectivity index (χ3v) is 3.22. The Morgan fingerprint density at radius 1 is 1.05 bits per heavy atom. The number of aromatic carboxylic acids is 1. The fraction of sp³-hybridized carbons (Fsp3) is 0.125. The van der Waals surface area contributed by atoms with Crippen LogP contribution in [0.5, 0.6) is 5.75 Å². The van der Waals surface area contributed by atoms with Gasteiger partial charge >= 0.3 is 5.97 Å². The molecule has 0 aliphatic carbocycles. The highest BCUT2D eigenvalue weighted by atomic mass is 16.4. The molecule has 2 aromatic carbocycles. The summed E-state index contributed by atoms with van der Waals surface area (Å²) in [4.78, 5) is 23.1. The van der Waals surface area contributed by atoms with E-state index in [4.69, 9.17) is 5.11 Å². The van der Waals surface area contributed by atoms with E-state index in [0.29, 0.717) is 0 Å². The van der Waals surface area contributed by atoms with Crippen molar-refractivity contribution in [1.82, 2.24) is 0 Å². The van der Waals surface area contributed by atoms with Crippen LogP contribution in [-0.2, 0) is 4.79 Å². The summed E-state index contributed by atoms with van der Waals surface area (Å²) in [6, 6.07) is 13.4. The van der Waals surface area contributed by atoms with Gasteiger partial charge in [-0.1, -0.05) is 36.4 Å². The highest BCUT2D eigenvalue weighted by Crippen LogP contribution is 2.28. The number of nitrogens with one attached hydrogen (secondary N) is 1. The summed E-state index contributed by atoms with van der Waals surface area (Å²) in [5.41, 5.74) is 0.673. The Morgan fingerprint density at radius 3 is 2.33 bits per heavy atom. The van der Waals surface area contributed by atoms with Crippen LogP contribution in [-0.4, -0.2) is 22.1 Å². The molecular formula is C16H15NO4. The molecule has 0 radical (unpaired) electrons. The monoisotopic (exact) mass is 285 g/mol. The zero-order valence-corrected chi connectivity index (χ0v) is 11.4. The van der Waals surface area contributed by atoms with Crippen molar-refractivity contribution in [2.24, 2.45) is 0 Å². The summed E-state index contributed by atoms with van der Waals surface area (Å²) in [6.45, 7) is 1.74. The Balaban J connectivity index is 2.21. The number of aromatic hydroxyl groups is 1. The van der Waals surface area contributed by atoms with Crippen LogP contribution in [0.3, 0.4) is 0 Å². The maximum atomic E-state index is 12.2. The highest BCUT2D eigenvalue weighted by Gasteiger charge is 2.18. The van der Waals surface area contributed by atoms with Crippen LogP contribution >= 0.6 is 0 Å². The van der Waals surface area contributed by atoms with Crippen LogP contribution < -0.4 is 5.32 Å². The van der Waals surface area contributed by atoms with Gasteiger partial charge in [0.1, 0.15) is 5.56 Å². The highest BCUT2D eigenvalue weighted by molar-refractivity contribution is 6.00. The molecule has 0 heterocycles. The first-order valence-electron chi connectivity index (χ1n) is 6.41. The first-order valence-corrected chi connectivity index (χ1v) is 6.41. The van der Waals surface area contributed by atoms with Crippen molar-refractivity contribution in [2.45, 2.75) is 12.8 Å². The molecule has 0 aromatic heterocycles. The summed E-state index contributed by atoms with van der Waals surface area (Å²) in [7, 11) is 0. The number of rotatable bonds is 4. The van der Waals surface area contributed by atoms with Crippen molar-refractivity contribution in [3.63, 3.8) is 0 Å². The van der Waals surface area contributed by atoms with Crippen LogP contribution in [0.1, 0.15) is 28.8 Å². The molecule has 0 spiro atoms. The minimum atomic E-state index is -1.25. The Bertz CT molecular complexity index is 667. The van der Waals surface area contributed by atoms with Crippen molar-refractivity contribution in [3.8, 4) is 5.75 Å². The van der Waals surface area contributed by atoms with E-state index < -0.39 is 17.6 Å². The molecule has 3 N–H and O–H groups in total. The molecule has 0 aliphatic heterocycles. The number of hydrogen-bond donors (Lipinski definition) is 3. The van der Waals surface area contributed by atoms with Gasteiger partial charge in [-0.15, -0.1) is 0 Å². The molecule has 2 rings (SSSR count). The molecule has 0 fully saturated rings. The number of benzene rings is 2. The third kappa shape index (κ3) is 3.20. The molecule has 1 unspecified atom stereocenters. The topological polar surface area (TPSA) is 86.6 Å². The van der Waals surface area contributed by atoms with E-state index in [0.717, 1.165) is 5.56 Å². The van der Waals surface area contributed by atoms with Gasteiger partial charge in [0.05, 0.1) is 11.6 Å². The summed E-state index contributed by atoms with van der Waals surface area (Å²) >= 11 is 0. The fourth-order valence-corrected chi connectivity index (χ4v) is 1.95. The quantitative estimate of drug-likeness (QED) is 0.754. The van der Waals surface area contributed by atoms with E-state index in [2.05, 4.69) is 5.32 Å². The number of amides is 1. The van der Waals surface area contributed by atoms with Gasteiger partial charge in [0.15, 0.2) is 5.75 Å². The van der Waals surface area contributed by atoms with Crippen LogP contribution in [0, 0.1) is 0 Å². The lowest BCUT2D eigenvalue weighted by Crippen LogP contribution is -2.19. The summed E-state index contributed by atoms with van der Waals surface area (Å²) in [5.74, 6) is -2.43. The number of carbonyl (C=O) groups is 2. The standard InChI is InChI=1S/C16H15NO4/c1-10(11-6-3-2-4-7-11)15(19)17-13-9-5-8-12(14(13)18)16(20)21/h2-10,18H,1H3,(H,17,19)(H,20,21). The molecular weight excluding hydrogens is 270 g/mol. The second kappa shape index (κ2) is 6.09. The molecule has 5 heteroatoms. The average Bonchev–Trinajstić information content (AvgIpc) is 2.49. The molecule has 21 heavy (non-hydrogen) atoms. The van der Waals surface area contributed by atoms with Crippen molar-refractivity contribution in [2.75, 3.05) is 5.32 Å². The molecule has 0 bridgehead atoms. The van der Waals surface area contributed by atoms with Crippen LogP contribution in [0.25, 0.3) is 0 Å². The van der Waals surface area contributed by atoms with Crippen molar-refractivity contribution in [3.05, 3.63) is 59.7 Å². The van der Waals surface area contributed by atoms with Gasteiger partial charge in [0, 0.05) is 0 Å². The molecule has 1 atom stereocenters. The van der Waals surface area contributed by atoms with Gasteiger partial charge in [-0.2, -0.15) is 0 Å². The fourth-order valence-electron chi connectivity index (χ4n) is 1.95.